The van der Waals surface area contributed by atoms with E-state index in [1.807, 2.05) is 30.3 Å². The van der Waals surface area contributed by atoms with E-state index in [0.29, 0.717) is 18.0 Å². The number of hydrogen-bond acceptors (Lipinski definition) is 4. The van der Waals surface area contributed by atoms with Crippen LogP contribution in [-0.2, 0) is 17.8 Å². The topological polar surface area (TPSA) is 57.3 Å². The molecule has 1 atom stereocenters. The number of nitriles is 1. The molecule has 0 aliphatic carbocycles. The van der Waals surface area contributed by atoms with Crippen LogP contribution in [0.2, 0.25) is 0 Å². The summed E-state index contributed by atoms with van der Waals surface area (Å²) in [5.74, 6) is 0.713. The van der Waals surface area contributed by atoms with Crippen LogP contribution >= 0.6 is 23.1 Å². The van der Waals surface area contributed by atoms with Gasteiger partial charge in [0, 0.05) is 23.5 Å². The van der Waals surface area contributed by atoms with Crippen LogP contribution in [-0.4, -0.2) is 24.2 Å². The first-order valence-corrected chi connectivity index (χ1v) is 10.8. The van der Waals surface area contributed by atoms with Crippen LogP contribution < -0.4 is 10.2 Å². The van der Waals surface area contributed by atoms with Gasteiger partial charge in [0.1, 0.15) is 17.6 Å². The number of quaternary nitrogens is 1. The van der Waals surface area contributed by atoms with E-state index in [-0.39, 0.29) is 5.91 Å². The predicted octanol–water partition coefficient (Wildman–Crippen LogP) is 3.09. The minimum absolute atomic E-state index is 0.0170. The maximum Gasteiger partial charge on any atom is 0.225 e. The summed E-state index contributed by atoms with van der Waals surface area (Å²) in [6, 6.07) is 13.0. The highest BCUT2D eigenvalue weighted by Crippen LogP contribution is 2.34. The summed E-state index contributed by atoms with van der Waals surface area (Å²) in [5.41, 5.74) is 1.83. The number of thiophene rings is 1. The fourth-order valence-electron chi connectivity index (χ4n) is 3.17. The average molecular weight is 387 g/mol. The molecule has 136 valence electrons. The van der Waals surface area contributed by atoms with E-state index in [1.165, 1.54) is 9.77 Å². The van der Waals surface area contributed by atoms with Crippen molar-refractivity contribution in [1.82, 2.24) is 0 Å². The maximum atomic E-state index is 12.3. The lowest BCUT2D eigenvalue weighted by atomic mass is 10.0. The lowest BCUT2D eigenvalue weighted by Crippen LogP contribution is -3.14. The van der Waals surface area contributed by atoms with Crippen LogP contribution in [0.25, 0.3) is 0 Å². The summed E-state index contributed by atoms with van der Waals surface area (Å²) >= 11 is 3.26. The SMILES string of the molecule is CC(C)[NH+]1CCc2c(sc(NC(=O)CCSc3ccccc3)c2C#N)C1. The van der Waals surface area contributed by atoms with Gasteiger partial charge >= 0.3 is 0 Å². The summed E-state index contributed by atoms with van der Waals surface area (Å²) in [6.07, 6.45) is 1.36. The highest BCUT2D eigenvalue weighted by Gasteiger charge is 2.28. The number of nitrogens with one attached hydrogen (secondary N) is 2. The van der Waals surface area contributed by atoms with Crippen LogP contribution in [0.5, 0.6) is 0 Å². The third kappa shape index (κ3) is 4.47. The van der Waals surface area contributed by atoms with Crippen molar-refractivity contribution >= 4 is 34.0 Å². The van der Waals surface area contributed by atoms with E-state index in [1.54, 1.807) is 28.0 Å². The predicted molar refractivity (Wildman–Crippen MR) is 108 cm³/mol. The summed E-state index contributed by atoms with van der Waals surface area (Å²) in [5, 5.41) is 13.3. The molecule has 0 saturated heterocycles. The van der Waals surface area contributed by atoms with Crippen LogP contribution in [0.4, 0.5) is 5.00 Å². The van der Waals surface area contributed by atoms with Crippen LogP contribution in [0.15, 0.2) is 35.2 Å². The Morgan fingerprint density at radius 2 is 2.15 bits per heavy atom. The van der Waals surface area contributed by atoms with Crippen molar-refractivity contribution in [3.8, 4) is 6.07 Å². The third-order valence-electron chi connectivity index (χ3n) is 4.70. The van der Waals surface area contributed by atoms with Gasteiger partial charge in [0.25, 0.3) is 0 Å². The molecule has 2 heterocycles. The number of amides is 1. The zero-order valence-electron chi connectivity index (χ0n) is 15.2. The van der Waals surface area contributed by atoms with Crippen molar-refractivity contribution in [1.29, 1.82) is 5.26 Å². The Morgan fingerprint density at radius 3 is 2.85 bits per heavy atom. The normalized spacial score (nSPS) is 16.2. The van der Waals surface area contributed by atoms with Crippen molar-refractivity contribution in [2.75, 3.05) is 17.6 Å². The second-order valence-electron chi connectivity index (χ2n) is 6.77. The molecule has 1 aromatic heterocycles. The van der Waals surface area contributed by atoms with E-state index >= 15 is 0 Å². The largest absolute Gasteiger partial charge is 0.328 e. The highest BCUT2D eigenvalue weighted by atomic mass is 32.2. The molecular formula is C20H24N3OS2+. The van der Waals surface area contributed by atoms with Gasteiger partial charge in [0.15, 0.2) is 0 Å². The van der Waals surface area contributed by atoms with Gasteiger partial charge < -0.3 is 10.2 Å². The van der Waals surface area contributed by atoms with Crippen molar-refractivity contribution in [2.24, 2.45) is 0 Å². The quantitative estimate of drug-likeness (QED) is 0.750. The van der Waals surface area contributed by atoms with E-state index in [9.17, 15) is 10.1 Å². The Bertz CT molecular complexity index is 808. The van der Waals surface area contributed by atoms with E-state index in [0.717, 1.165) is 35.8 Å². The highest BCUT2D eigenvalue weighted by molar-refractivity contribution is 7.99. The molecule has 3 rings (SSSR count). The van der Waals surface area contributed by atoms with Gasteiger partial charge in [0.2, 0.25) is 5.91 Å². The van der Waals surface area contributed by atoms with Gasteiger partial charge in [-0.05, 0) is 31.5 Å². The first-order valence-electron chi connectivity index (χ1n) is 8.95. The molecular weight excluding hydrogens is 362 g/mol. The van der Waals surface area contributed by atoms with Gasteiger partial charge in [-0.1, -0.05) is 18.2 Å². The maximum absolute atomic E-state index is 12.3. The molecule has 2 N–H and O–H groups in total. The fourth-order valence-corrected chi connectivity index (χ4v) is 5.31. The molecule has 2 aromatic rings. The van der Waals surface area contributed by atoms with Gasteiger partial charge in [-0.15, -0.1) is 23.1 Å². The summed E-state index contributed by atoms with van der Waals surface area (Å²) in [6.45, 7) is 6.46. The number of hydrogen-bond donors (Lipinski definition) is 2. The number of nitrogens with zero attached hydrogens (tertiary/aromatic N) is 1. The Labute approximate surface area is 163 Å². The summed E-state index contributed by atoms with van der Waals surface area (Å²) in [7, 11) is 0. The second-order valence-corrected chi connectivity index (χ2v) is 9.04. The zero-order chi connectivity index (χ0) is 18.5. The lowest BCUT2D eigenvalue weighted by molar-refractivity contribution is -0.936. The molecule has 4 nitrogen and oxygen atoms in total. The minimum atomic E-state index is -0.0170. The Balaban J connectivity index is 1.61. The molecule has 1 aliphatic rings. The first-order chi connectivity index (χ1) is 12.6. The molecule has 0 saturated carbocycles. The lowest BCUT2D eigenvalue weighted by Gasteiger charge is -2.27. The molecule has 0 bridgehead atoms. The van der Waals surface area contributed by atoms with Crippen molar-refractivity contribution in [2.45, 2.75) is 44.2 Å². The fraction of sp³-hybridized carbons (Fsp3) is 0.400. The smallest absolute Gasteiger partial charge is 0.225 e. The Kier molecular flexibility index (Phi) is 6.36. The zero-order valence-corrected chi connectivity index (χ0v) is 16.8. The summed E-state index contributed by atoms with van der Waals surface area (Å²) < 4.78 is 0. The number of carbonyl (C=O) groups excluding carboxylic acids is 1. The van der Waals surface area contributed by atoms with Crippen molar-refractivity contribution < 1.29 is 9.69 Å². The Hall–Kier alpha value is -1.81. The van der Waals surface area contributed by atoms with Crippen LogP contribution in [0, 0.1) is 11.3 Å². The molecule has 26 heavy (non-hydrogen) atoms. The molecule has 1 unspecified atom stereocenters. The molecule has 1 amide bonds. The van der Waals surface area contributed by atoms with Gasteiger partial charge in [0.05, 0.1) is 23.0 Å². The second kappa shape index (κ2) is 8.72. The molecule has 0 spiro atoms. The monoisotopic (exact) mass is 386 g/mol. The molecule has 6 heteroatoms. The minimum Gasteiger partial charge on any atom is -0.328 e. The van der Waals surface area contributed by atoms with E-state index < -0.39 is 0 Å². The van der Waals surface area contributed by atoms with Crippen molar-refractivity contribution in [3.05, 3.63) is 46.3 Å². The van der Waals surface area contributed by atoms with E-state index in [2.05, 4.69) is 25.2 Å². The molecule has 1 aromatic carbocycles. The average Bonchev–Trinajstić information content (AvgIpc) is 2.98. The number of rotatable bonds is 6. The number of carbonyl (C=O) groups is 1. The van der Waals surface area contributed by atoms with E-state index in [4.69, 9.17) is 0 Å². The van der Waals surface area contributed by atoms with Gasteiger partial charge in [-0.3, -0.25) is 4.79 Å². The molecule has 0 fully saturated rings. The third-order valence-corrected chi connectivity index (χ3v) is 6.86. The number of benzene rings is 1. The summed E-state index contributed by atoms with van der Waals surface area (Å²) in [4.78, 5) is 16.3. The van der Waals surface area contributed by atoms with Gasteiger partial charge in [-0.25, -0.2) is 0 Å². The van der Waals surface area contributed by atoms with Crippen LogP contribution in [0.3, 0.4) is 0 Å². The number of anilines is 1. The standard InChI is InChI=1S/C20H23N3OS2/c1-14(2)23-10-8-16-17(12-21)20(26-18(16)13-23)22-19(24)9-11-25-15-6-4-3-5-7-15/h3-7,14H,8-11,13H2,1-2H3,(H,22,24)/p+1. The number of fused-ring (bicyclic) bond motifs is 1. The van der Waals surface area contributed by atoms with Gasteiger partial charge in [-0.2, -0.15) is 5.26 Å². The first kappa shape index (κ1) is 19.0. The Morgan fingerprint density at radius 1 is 1.38 bits per heavy atom. The van der Waals surface area contributed by atoms with Crippen LogP contribution in [0.1, 0.15) is 36.3 Å². The number of thioether (sulfide) groups is 1. The molecule has 1 aliphatic heterocycles. The van der Waals surface area contributed by atoms with Crippen molar-refractivity contribution in [3.63, 3.8) is 0 Å². The molecule has 0 radical (unpaired) electrons.